The second kappa shape index (κ2) is 5.41. The van der Waals surface area contributed by atoms with Gasteiger partial charge < -0.3 is 10.0 Å². The highest BCUT2D eigenvalue weighted by Crippen LogP contribution is 2.31. The molecule has 1 aromatic rings. The predicted molar refractivity (Wildman–Crippen MR) is 75.6 cm³/mol. The Labute approximate surface area is 111 Å². The van der Waals surface area contributed by atoms with Gasteiger partial charge in [-0.2, -0.15) is 0 Å². The Hall–Kier alpha value is -0.860. The van der Waals surface area contributed by atoms with Crippen molar-refractivity contribution < 1.29 is 5.11 Å². The Morgan fingerprint density at radius 3 is 2.83 bits per heavy atom. The molecule has 2 rings (SSSR count). The molecule has 1 saturated heterocycles. The van der Waals surface area contributed by atoms with Gasteiger partial charge in [0.1, 0.15) is 5.60 Å². The van der Waals surface area contributed by atoms with Gasteiger partial charge in [0.2, 0.25) is 0 Å². The van der Waals surface area contributed by atoms with Crippen LogP contribution in [0.5, 0.6) is 0 Å². The van der Waals surface area contributed by atoms with Crippen molar-refractivity contribution in [3.05, 3.63) is 35.4 Å². The third-order valence-electron chi connectivity index (χ3n) is 3.77. The Morgan fingerprint density at radius 2 is 2.17 bits per heavy atom. The number of hydrogen-bond donors (Lipinski definition) is 1. The summed E-state index contributed by atoms with van der Waals surface area (Å²) in [6, 6.07) is 8.52. The average Bonchev–Trinajstić information content (AvgIpc) is 2.28. The largest absolute Gasteiger partial charge is 0.384 e. The minimum Gasteiger partial charge on any atom is -0.384 e. The molecular formula is C16H25NO. The van der Waals surface area contributed by atoms with Crippen LogP contribution < -0.4 is 0 Å². The van der Waals surface area contributed by atoms with Crippen molar-refractivity contribution in [2.75, 3.05) is 20.1 Å². The van der Waals surface area contributed by atoms with E-state index in [-0.39, 0.29) is 0 Å². The number of likely N-dealkylation sites (N-methyl/N-ethyl adjacent to an activating group) is 1. The van der Waals surface area contributed by atoms with Crippen molar-refractivity contribution in [1.82, 2.24) is 4.90 Å². The second-order valence-corrected chi connectivity index (χ2v) is 6.17. The van der Waals surface area contributed by atoms with E-state index in [1.54, 1.807) is 0 Å². The summed E-state index contributed by atoms with van der Waals surface area (Å²) in [7, 11) is 2.09. The highest BCUT2D eigenvalue weighted by atomic mass is 16.3. The molecule has 0 amide bonds. The van der Waals surface area contributed by atoms with Gasteiger partial charge in [0.15, 0.2) is 0 Å². The van der Waals surface area contributed by atoms with Gasteiger partial charge in [0.05, 0.1) is 0 Å². The number of rotatable bonds is 3. The average molecular weight is 247 g/mol. The number of likely N-dealkylation sites (tertiary alicyclic amines) is 1. The fourth-order valence-electron chi connectivity index (χ4n) is 2.94. The Kier molecular flexibility index (Phi) is 4.08. The minimum absolute atomic E-state index is 0.653. The normalized spacial score (nSPS) is 25.6. The number of hydrogen-bond acceptors (Lipinski definition) is 2. The fourth-order valence-corrected chi connectivity index (χ4v) is 2.94. The molecule has 1 aliphatic heterocycles. The van der Waals surface area contributed by atoms with Crippen LogP contribution in [0.15, 0.2) is 24.3 Å². The molecule has 1 aliphatic rings. The topological polar surface area (TPSA) is 23.5 Å². The summed E-state index contributed by atoms with van der Waals surface area (Å²) in [6.45, 7) is 6.30. The van der Waals surface area contributed by atoms with Gasteiger partial charge in [-0.25, -0.2) is 0 Å². The number of nitrogens with zero attached hydrogens (tertiary/aromatic N) is 1. The highest BCUT2D eigenvalue weighted by Gasteiger charge is 2.33. The molecule has 0 aliphatic carbocycles. The molecule has 18 heavy (non-hydrogen) atoms. The maximum absolute atomic E-state index is 10.8. The van der Waals surface area contributed by atoms with E-state index in [4.69, 9.17) is 0 Å². The lowest BCUT2D eigenvalue weighted by Gasteiger charge is -2.38. The summed E-state index contributed by atoms with van der Waals surface area (Å²) in [5, 5.41) is 10.8. The second-order valence-electron chi connectivity index (χ2n) is 6.17. The summed E-state index contributed by atoms with van der Waals surface area (Å²) >= 11 is 0. The van der Waals surface area contributed by atoms with Gasteiger partial charge in [-0.3, -0.25) is 0 Å². The van der Waals surface area contributed by atoms with E-state index in [0.29, 0.717) is 5.92 Å². The van der Waals surface area contributed by atoms with Gasteiger partial charge in [0.25, 0.3) is 0 Å². The quantitative estimate of drug-likeness (QED) is 0.888. The zero-order valence-electron chi connectivity index (χ0n) is 11.8. The van der Waals surface area contributed by atoms with E-state index in [2.05, 4.69) is 50.1 Å². The Bertz CT molecular complexity index is 402. The number of β-amino-alcohol motifs (C(OH)–C–C–N with tert-alkyl or cyclic N) is 1. The minimum atomic E-state index is -0.653. The van der Waals surface area contributed by atoms with E-state index < -0.39 is 5.60 Å². The molecule has 0 aromatic heterocycles. The first-order valence-corrected chi connectivity index (χ1v) is 7.00. The van der Waals surface area contributed by atoms with Crippen LogP contribution in [0.2, 0.25) is 0 Å². The van der Waals surface area contributed by atoms with Gasteiger partial charge in [-0.15, -0.1) is 0 Å². The highest BCUT2D eigenvalue weighted by molar-refractivity contribution is 5.29. The molecule has 1 atom stereocenters. The summed E-state index contributed by atoms with van der Waals surface area (Å²) in [6.07, 6.45) is 3.03. The first-order chi connectivity index (χ1) is 8.49. The van der Waals surface area contributed by atoms with Crippen molar-refractivity contribution in [1.29, 1.82) is 0 Å². The summed E-state index contributed by atoms with van der Waals surface area (Å²) < 4.78 is 0. The van der Waals surface area contributed by atoms with Crippen molar-refractivity contribution in [2.45, 2.75) is 38.7 Å². The van der Waals surface area contributed by atoms with Crippen LogP contribution in [0.3, 0.4) is 0 Å². The van der Waals surface area contributed by atoms with Crippen molar-refractivity contribution in [3.63, 3.8) is 0 Å². The van der Waals surface area contributed by atoms with E-state index in [9.17, 15) is 5.11 Å². The van der Waals surface area contributed by atoms with E-state index in [1.165, 1.54) is 5.56 Å². The van der Waals surface area contributed by atoms with Crippen LogP contribution in [0.25, 0.3) is 0 Å². The maximum atomic E-state index is 10.8. The molecule has 0 spiro atoms. The molecular weight excluding hydrogens is 222 g/mol. The lowest BCUT2D eigenvalue weighted by atomic mass is 9.84. The zero-order valence-corrected chi connectivity index (χ0v) is 11.8. The molecule has 1 N–H and O–H groups in total. The molecule has 0 saturated carbocycles. The molecule has 0 bridgehead atoms. The molecule has 2 heteroatoms. The first kappa shape index (κ1) is 13.6. The van der Waals surface area contributed by atoms with Crippen molar-refractivity contribution in [2.24, 2.45) is 5.92 Å². The van der Waals surface area contributed by atoms with Crippen LogP contribution in [0, 0.1) is 5.92 Å². The molecule has 1 unspecified atom stereocenters. The van der Waals surface area contributed by atoms with E-state index >= 15 is 0 Å². The summed E-state index contributed by atoms with van der Waals surface area (Å²) in [4.78, 5) is 2.22. The lowest BCUT2D eigenvalue weighted by Crippen LogP contribution is -2.44. The summed E-state index contributed by atoms with van der Waals surface area (Å²) in [5.74, 6) is 0.656. The van der Waals surface area contributed by atoms with Gasteiger partial charge in [0, 0.05) is 6.54 Å². The maximum Gasteiger partial charge on any atom is 0.102 e. The fraction of sp³-hybridized carbons (Fsp3) is 0.625. The Morgan fingerprint density at radius 1 is 1.39 bits per heavy atom. The summed E-state index contributed by atoms with van der Waals surface area (Å²) in [5.41, 5.74) is 1.77. The van der Waals surface area contributed by atoms with Crippen LogP contribution in [0.4, 0.5) is 0 Å². The molecule has 1 heterocycles. The zero-order chi connectivity index (χ0) is 13.2. The number of aliphatic hydroxyl groups is 1. The molecule has 1 fully saturated rings. The molecule has 100 valence electrons. The van der Waals surface area contributed by atoms with Gasteiger partial charge in [-0.05, 0) is 49.9 Å². The van der Waals surface area contributed by atoms with Crippen molar-refractivity contribution in [3.8, 4) is 0 Å². The number of benzene rings is 1. The smallest absolute Gasteiger partial charge is 0.102 e. The standard InChI is InChI=1S/C16H25NO/c1-13(2)10-14-6-4-7-15(11-14)16(18)8-5-9-17(3)12-16/h4,6-7,11,13,18H,5,8-10,12H2,1-3H3. The van der Waals surface area contributed by atoms with Gasteiger partial charge >= 0.3 is 0 Å². The molecule has 2 nitrogen and oxygen atoms in total. The van der Waals surface area contributed by atoms with Crippen LogP contribution in [-0.4, -0.2) is 30.1 Å². The third-order valence-corrected chi connectivity index (χ3v) is 3.77. The predicted octanol–water partition coefficient (Wildman–Crippen LogP) is 2.80. The SMILES string of the molecule is CC(C)Cc1cccc(C2(O)CCCN(C)C2)c1. The number of piperidine rings is 1. The monoisotopic (exact) mass is 247 g/mol. The van der Waals surface area contributed by atoms with Crippen LogP contribution >= 0.6 is 0 Å². The molecule has 0 radical (unpaired) electrons. The first-order valence-electron chi connectivity index (χ1n) is 7.00. The molecule has 1 aromatic carbocycles. The van der Waals surface area contributed by atoms with E-state index in [1.807, 2.05) is 0 Å². The van der Waals surface area contributed by atoms with Crippen molar-refractivity contribution >= 4 is 0 Å². The third kappa shape index (κ3) is 3.12. The lowest BCUT2D eigenvalue weighted by molar-refractivity contribution is -0.0278. The van der Waals surface area contributed by atoms with Crippen LogP contribution in [-0.2, 0) is 12.0 Å². The Balaban J connectivity index is 2.21. The van der Waals surface area contributed by atoms with E-state index in [0.717, 1.165) is 37.9 Å². The van der Waals surface area contributed by atoms with Gasteiger partial charge in [-0.1, -0.05) is 38.1 Å². The van der Waals surface area contributed by atoms with Crippen LogP contribution in [0.1, 0.15) is 37.8 Å².